The molecule has 0 unspecified atom stereocenters. The van der Waals surface area contributed by atoms with E-state index in [2.05, 4.69) is 31.5 Å². The Labute approximate surface area is 102 Å². The molecule has 3 N–H and O–H groups in total. The summed E-state index contributed by atoms with van der Waals surface area (Å²) in [6, 6.07) is 1.72. The summed E-state index contributed by atoms with van der Waals surface area (Å²) in [7, 11) is 0. The molecule has 0 aromatic carbocycles. The van der Waals surface area contributed by atoms with Gasteiger partial charge in [0, 0.05) is 16.7 Å². The van der Waals surface area contributed by atoms with Gasteiger partial charge in [-0.3, -0.25) is 9.59 Å². The maximum atomic E-state index is 11.5. The number of H-pyrrole nitrogens is 1. The molecular formula is C10H14BrN3O2. The van der Waals surface area contributed by atoms with Crippen LogP contribution in [0.4, 0.5) is 0 Å². The Balaban J connectivity index is 2.38. The van der Waals surface area contributed by atoms with E-state index in [0.29, 0.717) is 5.69 Å². The lowest BCUT2D eigenvalue weighted by Gasteiger charge is -2.08. The van der Waals surface area contributed by atoms with Gasteiger partial charge in [0.05, 0.1) is 6.54 Å². The van der Waals surface area contributed by atoms with Gasteiger partial charge in [-0.2, -0.15) is 0 Å². The topological polar surface area (TPSA) is 74.0 Å². The second-order valence-electron chi connectivity index (χ2n) is 3.64. The van der Waals surface area contributed by atoms with Crippen LogP contribution in [0.2, 0.25) is 0 Å². The second kappa shape index (κ2) is 5.69. The van der Waals surface area contributed by atoms with Crippen LogP contribution in [0.3, 0.4) is 0 Å². The third-order valence-corrected chi connectivity index (χ3v) is 2.21. The van der Waals surface area contributed by atoms with Crippen LogP contribution in [-0.4, -0.2) is 29.4 Å². The molecule has 16 heavy (non-hydrogen) atoms. The van der Waals surface area contributed by atoms with Crippen molar-refractivity contribution in [2.75, 3.05) is 6.54 Å². The molecule has 6 heteroatoms. The Kier molecular flexibility index (Phi) is 4.54. The van der Waals surface area contributed by atoms with Gasteiger partial charge in [0.2, 0.25) is 5.91 Å². The summed E-state index contributed by atoms with van der Waals surface area (Å²) >= 11 is 3.22. The van der Waals surface area contributed by atoms with E-state index in [0.717, 1.165) is 4.47 Å². The first-order valence-corrected chi connectivity index (χ1v) is 5.70. The minimum absolute atomic E-state index is 0.0202. The van der Waals surface area contributed by atoms with E-state index in [-0.39, 0.29) is 24.4 Å². The SMILES string of the molecule is CC(C)NC(=O)CNC(=O)c1cc(Br)c[nH]1. The predicted molar refractivity (Wildman–Crippen MR) is 64.1 cm³/mol. The lowest BCUT2D eigenvalue weighted by molar-refractivity contribution is -0.120. The fourth-order valence-corrected chi connectivity index (χ4v) is 1.47. The van der Waals surface area contributed by atoms with Crippen LogP contribution in [0.15, 0.2) is 16.7 Å². The zero-order chi connectivity index (χ0) is 12.1. The highest BCUT2D eigenvalue weighted by Crippen LogP contribution is 2.09. The highest BCUT2D eigenvalue weighted by Gasteiger charge is 2.09. The normalized spacial score (nSPS) is 10.2. The zero-order valence-electron chi connectivity index (χ0n) is 9.13. The van der Waals surface area contributed by atoms with Crippen LogP contribution >= 0.6 is 15.9 Å². The summed E-state index contributed by atoms with van der Waals surface area (Å²) in [4.78, 5) is 25.5. The molecule has 0 fully saturated rings. The van der Waals surface area contributed by atoms with Crippen molar-refractivity contribution in [3.8, 4) is 0 Å². The molecule has 1 aromatic heterocycles. The number of hydrogen-bond acceptors (Lipinski definition) is 2. The van der Waals surface area contributed by atoms with Crippen LogP contribution in [0.5, 0.6) is 0 Å². The molecule has 0 aliphatic carbocycles. The molecule has 2 amide bonds. The number of aromatic amines is 1. The first-order chi connectivity index (χ1) is 7.49. The van der Waals surface area contributed by atoms with Crippen molar-refractivity contribution >= 4 is 27.7 Å². The smallest absolute Gasteiger partial charge is 0.268 e. The molecule has 1 heterocycles. The Morgan fingerprint density at radius 1 is 1.50 bits per heavy atom. The summed E-state index contributed by atoms with van der Waals surface area (Å²) in [5, 5.41) is 5.20. The van der Waals surface area contributed by atoms with Gasteiger partial charge in [-0.1, -0.05) is 0 Å². The van der Waals surface area contributed by atoms with Gasteiger partial charge in [0.25, 0.3) is 5.91 Å². The number of halogens is 1. The number of hydrogen-bond donors (Lipinski definition) is 3. The van der Waals surface area contributed by atoms with E-state index >= 15 is 0 Å². The van der Waals surface area contributed by atoms with Crippen molar-refractivity contribution in [3.05, 3.63) is 22.4 Å². The number of aromatic nitrogens is 1. The van der Waals surface area contributed by atoms with Crippen molar-refractivity contribution in [1.29, 1.82) is 0 Å². The number of nitrogens with one attached hydrogen (secondary N) is 3. The number of amides is 2. The molecule has 0 bridgehead atoms. The van der Waals surface area contributed by atoms with E-state index in [4.69, 9.17) is 0 Å². The molecule has 0 atom stereocenters. The van der Waals surface area contributed by atoms with E-state index in [1.54, 1.807) is 12.3 Å². The molecule has 0 aliphatic rings. The van der Waals surface area contributed by atoms with E-state index in [1.165, 1.54) is 0 Å². The minimum atomic E-state index is -0.301. The van der Waals surface area contributed by atoms with Gasteiger partial charge < -0.3 is 15.6 Å². The summed E-state index contributed by atoms with van der Waals surface area (Å²) in [6.07, 6.45) is 1.66. The Hall–Kier alpha value is -1.30. The molecule has 1 aromatic rings. The average molecular weight is 288 g/mol. The van der Waals surface area contributed by atoms with Gasteiger partial charge in [0.15, 0.2) is 0 Å². The van der Waals surface area contributed by atoms with Crippen LogP contribution in [0.1, 0.15) is 24.3 Å². The number of carbonyl (C=O) groups excluding carboxylic acids is 2. The maximum Gasteiger partial charge on any atom is 0.268 e. The van der Waals surface area contributed by atoms with Gasteiger partial charge in [-0.25, -0.2) is 0 Å². The third-order valence-electron chi connectivity index (χ3n) is 1.75. The summed E-state index contributed by atoms with van der Waals surface area (Å²) in [5.41, 5.74) is 0.421. The van der Waals surface area contributed by atoms with Crippen LogP contribution < -0.4 is 10.6 Å². The van der Waals surface area contributed by atoms with Gasteiger partial charge >= 0.3 is 0 Å². The Morgan fingerprint density at radius 3 is 2.69 bits per heavy atom. The highest BCUT2D eigenvalue weighted by molar-refractivity contribution is 9.10. The van der Waals surface area contributed by atoms with Gasteiger partial charge in [-0.15, -0.1) is 0 Å². The van der Waals surface area contributed by atoms with Gasteiger partial charge in [-0.05, 0) is 35.8 Å². The molecular weight excluding hydrogens is 274 g/mol. The molecule has 0 radical (unpaired) electrons. The maximum absolute atomic E-state index is 11.5. The minimum Gasteiger partial charge on any atom is -0.356 e. The van der Waals surface area contributed by atoms with Crippen molar-refractivity contribution in [3.63, 3.8) is 0 Å². The molecule has 0 saturated heterocycles. The molecule has 0 spiro atoms. The van der Waals surface area contributed by atoms with Gasteiger partial charge in [0.1, 0.15) is 5.69 Å². The Bertz CT molecular complexity index is 387. The fourth-order valence-electron chi connectivity index (χ4n) is 1.13. The monoisotopic (exact) mass is 287 g/mol. The van der Waals surface area contributed by atoms with Crippen LogP contribution in [0.25, 0.3) is 0 Å². The van der Waals surface area contributed by atoms with Crippen molar-refractivity contribution in [2.24, 2.45) is 0 Å². The molecule has 0 saturated carbocycles. The summed E-state index contributed by atoms with van der Waals surface area (Å²) < 4.78 is 0.796. The molecule has 1 rings (SSSR count). The van der Waals surface area contributed by atoms with E-state index in [9.17, 15) is 9.59 Å². The van der Waals surface area contributed by atoms with Crippen molar-refractivity contribution in [1.82, 2.24) is 15.6 Å². The van der Waals surface area contributed by atoms with E-state index in [1.807, 2.05) is 13.8 Å². The number of carbonyl (C=O) groups is 2. The molecule has 0 aliphatic heterocycles. The zero-order valence-corrected chi connectivity index (χ0v) is 10.7. The molecule has 5 nitrogen and oxygen atoms in total. The predicted octanol–water partition coefficient (Wildman–Crippen LogP) is 1.03. The lowest BCUT2D eigenvalue weighted by atomic mass is 10.3. The standard InChI is InChI=1S/C10H14BrN3O2/c1-6(2)14-9(15)5-13-10(16)8-3-7(11)4-12-8/h3-4,6,12H,5H2,1-2H3,(H,13,16)(H,14,15). The first-order valence-electron chi connectivity index (χ1n) is 4.90. The third kappa shape index (κ3) is 4.06. The quantitative estimate of drug-likeness (QED) is 0.774. The Morgan fingerprint density at radius 2 is 2.19 bits per heavy atom. The highest BCUT2D eigenvalue weighted by atomic mass is 79.9. The van der Waals surface area contributed by atoms with Crippen LogP contribution in [0, 0.1) is 0 Å². The first kappa shape index (κ1) is 12.8. The summed E-state index contributed by atoms with van der Waals surface area (Å²) in [6.45, 7) is 3.71. The van der Waals surface area contributed by atoms with Crippen molar-refractivity contribution < 1.29 is 9.59 Å². The fraction of sp³-hybridized carbons (Fsp3) is 0.400. The second-order valence-corrected chi connectivity index (χ2v) is 4.55. The summed E-state index contributed by atoms with van der Waals surface area (Å²) in [5.74, 6) is -0.501. The largest absolute Gasteiger partial charge is 0.356 e. The van der Waals surface area contributed by atoms with Crippen LogP contribution in [-0.2, 0) is 4.79 Å². The molecule has 88 valence electrons. The lowest BCUT2D eigenvalue weighted by Crippen LogP contribution is -2.39. The number of rotatable bonds is 4. The van der Waals surface area contributed by atoms with Crippen molar-refractivity contribution in [2.45, 2.75) is 19.9 Å². The average Bonchev–Trinajstić information content (AvgIpc) is 2.60. The van der Waals surface area contributed by atoms with E-state index < -0.39 is 0 Å².